The van der Waals surface area contributed by atoms with Gasteiger partial charge in [-0.2, -0.15) is 0 Å². The van der Waals surface area contributed by atoms with Gasteiger partial charge in [0.05, 0.1) is 5.69 Å². The summed E-state index contributed by atoms with van der Waals surface area (Å²) in [6.45, 7) is 3.85. The van der Waals surface area contributed by atoms with Gasteiger partial charge in [-0.3, -0.25) is 0 Å². The summed E-state index contributed by atoms with van der Waals surface area (Å²) in [5.74, 6) is 0.868. The number of phenolic OH excluding ortho intramolecular Hbond substituents is 1. The molecule has 0 aliphatic rings. The average Bonchev–Trinajstić information content (AvgIpc) is 2.39. The second kappa shape index (κ2) is 6.12. The van der Waals surface area contributed by atoms with E-state index in [-0.39, 0.29) is 5.75 Å². The highest BCUT2D eigenvalue weighted by Gasteiger charge is 2.03. The quantitative estimate of drug-likeness (QED) is 0.791. The molecule has 0 saturated heterocycles. The van der Waals surface area contributed by atoms with Crippen LogP contribution in [0.3, 0.4) is 0 Å². The lowest BCUT2D eigenvalue weighted by Crippen LogP contribution is -2.15. The molecule has 18 heavy (non-hydrogen) atoms. The summed E-state index contributed by atoms with van der Waals surface area (Å²) in [7, 11) is 0. The minimum absolute atomic E-state index is 0.227. The molecule has 94 valence electrons. The van der Waals surface area contributed by atoms with Crippen LogP contribution in [0, 0.1) is 0 Å². The van der Waals surface area contributed by atoms with Crippen LogP contribution in [0.5, 0.6) is 5.75 Å². The Hall–Kier alpha value is -1.94. The van der Waals surface area contributed by atoms with E-state index in [2.05, 4.69) is 22.2 Å². The van der Waals surface area contributed by atoms with E-state index in [4.69, 9.17) is 0 Å². The SMILES string of the molecule is CCCNCc1ccnc(-c2cccc(O)c2)n1. The maximum absolute atomic E-state index is 9.45. The number of nitrogens with one attached hydrogen (secondary N) is 1. The summed E-state index contributed by atoms with van der Waals surface area (Å²) in [6, 6.07) is 8.87. The molecule has 2 aromatic rings. The van der Waals surface area contributed by atoms with Gasteiger partial charge in [0.15, 0.2) is 5.82 Å². The number of aromatic hydroxyl groups is 1. The van der Waals surface area contributed by atoms with Crippen molar-refractivity contribution in [2.75, 3.05) is 6.54 Å². The molecule has 4 heteroatoms. The maximum atomic E-state index is 9.45. The molecular weight excluding hydrogens is 226 g/mol. The number of rotatable bonds is 5. The molecule has 0 atom stereocenters. The fraction of sp³-hybridized carbons (Fsp3) is 0.286. The van der Waals surface area contributed by atoms with E-state index >= 15 is 0 Å². The third-order valence-corrected chi connectivity index (χ3v) is 2.55. The minimum Gasteiger partial charge on any atom is -0.508 e. The first-order valence-corrected chi connectivity index (χ1v) is 6.11. The molecule has 1 aromatic carbocycles. The Kier molecular flexibility index (Phi) is 4.25. The normalized spacial score (nSPS) is 10.5. The van der Waals surface area contributed by atoms with Crippen molar-refractivity contribution in [3.05, 3.63) is 42.2 Å². The van der Waals surface area contributed by atoms with E-state index in [1.165, 1.54) is 0 Å². The van der Waals surface area contributed by atoms with Gasteiger partial charge in [-0.05, 0) is 31.2 Å². The lowest BCUT2D eigenvalue weighted by atomic mass is 10.2. The molecule has 0 amide bonds. The van der Waals surface area contributed by atoms with Gasteiger partial charge in [0.25, 0.3) is 0 Å². The van der Waals surface area contributed by atoms with Crippen molar-refractivity contribution >= 4 is 0 Å². The second-order valence-corrected chi connectivity index (χ2v) is 4.10. The topological polar surface area (TPSA) is 58.0 Å². The third kappa shape index (κ3) is 3.28. The Morgan fingerprint density at radius 3 is 2.94 bits per heavy atom. The van der Waals surface area contributed by atoms with E-state index < -0.39 is 0 Å². The maximum Gasteiger partial charge on any atom is 0.159 e. The molecule has 4 nitrogen and oxygen atoms in total. The number of hydrogen-bond acceptors (Lipinski definition) is 4. The second-order valence-electron chi connectivity index (χ2n) is 4.10. The molecule has 1 heterocycles. The summed E-state index contributed by atoms with van der Waals surface area (Å²) < 4.78 is 0. The molecule has 0 saturated carbocycles. The molecule has 2 rings (SSSR count). The fourth-order valence-electron chi connectivity index (χ4n) is 1.67. The zero-order chi connectivity index (χ0) is 12.8. The summed E-state index contributed by atoms with van der Waals surface area (Å²) in [4.78, 5) is 8.70. The standard InChI is InChI=1S/C14H17N3O/c1-2-7-15-10-12-6-8-16-14(17-12)11-4-3-5-13(18)9-11/h3-6,8-9,15,18H,2,7,10H2,1H3. The van der Waals surface area contributed by atoms with Gasteiger partial charge in [-0.1, -0.05) is 19.1 Å². The summed E-state index contributed by atoms with van der Waals surface area (Å²) in [6.07, 6.45) is 2.85. The Balaban J connectivity index is 2.16. The van der Waals surface area contributed by atoms with E-state index in [1.807, 2.05) is 12.1 Å². The Morgan fingerprint density at radius 1 is 1.28 bits per heavy atom. The zero-order valence-corrected chi connectivity index (χ0v) is 10.4. The lowest BCUT2D eigenvalue weighted by Gasteiger charge is -2.05. The van der Waals surface area contributed by atoms with Crippen molar-refractivity contribution in [2.24, 2.45) is 0 Å². The monoisotopic (exact) mass is 243 g/mol. The largest absolute Gasteiger partial charge is 0.508 e. The number of benzene rings is 1. The van der Waals surface area contributed by atoms with Crippen LogP contribution < -0.4 is 5.32 Å². The van der Waals surface area contributed by atoms with Crippen molar-refractivity contribution < 1.29 is 5.11 Å². The highest BCUT2D eigenvalue weighted by molar-refractivity contribution is 5.57. The van der Waals surface area contributed by atoms with Crippen LogP contribution in [0.4, 0.5) is 0 Å². The number of nitrogens with zero attached hydrogens (tertiary/aromatic N) is 2. The molecule has 0 fully saturated rings. The molecule has 0 spiro atoms. The number of phenols is 1. The molecule has 0 unspecified atom stereocenters. The van der Waals surface area contributed by atoms with Crippen molar-refractivity contribution in [3.63, 3.8) is 0 Å². The summed E-state index contributed by atoms with van der Waals surface area (Å²) >= 11 is 0. The van der Waals surface area contributed by atoms with Crippen LogP contribution in [0.15, 0.2) is 36.5 Å². The van der Waals surface area contributed by atoms with Crippen LogP contribution in [0.1, 0.15) is 19.0 Å². The van der Waals surface area contributed by atoms with E-state index in [9.17, 15) is 5.11 Å². The summed E-state index contributed by atoms with van der Waals surface area (Å²) in [5.41, 5.74) is 1.78. The van der Waals surface area contributed by atoms with Crippen molar-refractivity contribution in [2.45, 2.75) is 19.9 Å². The predicted octanol–water partition coefficient (Wildman–Crippen LogP) is 2.35. The van der Waals surface area contributed by atoms with E-state index in [0.29, 0.717) is 5.82 Å². The van der Waals surface area contributed by atoms with Gasteiger partial charge in [0.2, 0.25) is 0 Å². The van der Waals surface area contributed by atoms with Gasteiger partial charge in [-0.25, -0.2) is 9.97 Å². The van der Waals surface area contributed by atoms with Crippen molar-refractivity contribution in [1.29, 1.82) is 0 Å². The molecule has 0 bridgehead atoms. The first-order chi connectivity index (χ1) is 8.79. The number of hydrogen-bond donors (Lipinski definition) is 2. The molecule has 0 radical (unpaired) electrons. The van der Waals surface area contributed by atoms with Gasteiger partial charge in [-0.15, -0.1) is 0 Å². The summed E-state index contributed by atoms with van der Waals surface area (Å²) in [5, 5.41) is 12.8. The molecule has 0 aliphatic heterocycles. The van der Waals surface area contributed by atoms with Crippen molar-refractivity contribution in [1.82, 2.24) is 15.3 Å². The first kappa shape index (κ1) is 12.5. The molecule has 2 N–H and O–H groups in total. The van der Waals surface area contributed by atoms with Gasteiger partial charge in [0.1, 0.15) is 5.75 Å². The van der Waals surface area contributed by atoms with Crippen LogP contribution in [-0.2, 0) is 6.54 Å². The van der Waals surface area contributed by atoms with Gasteiger partial charge in [0, 0.05) is 18.3 Å². The van der Waals surface area contributed by atoms with Crippen LogP contribution in [0.2, 0.25) is 0 Å². The van der Waals surface area contributed by atoms with Crippen LogP contribution in [-0.4, -0.2) is 21.6 Å². The molecule has 1 aromatic heterocycles. The van der Waals surface area contributed by atoms with Crippen LogP contribution >= 0.6 is 0 Å². The van der Waals surface area contributed by atoms with E-state index in [1.54, 1.807) is 24.4 Å². The first-order valence-electron chi connectivity index (χ1n) is 6.11. The minimum atomic E-state index is 0.227. The predicted molar refractivity (Wildman–Crippen MR) is 71.1 cm³/mol. The third-order valence-electron chi connectivity index (χ3n) is 2.55. The zero-order valence-electron chi connectivity index (χ0n) is 10.4. The molecular formula is C14H17N3O. The van der Waals surface area contributed by atoms with E-state index in [0.717, 1.165) is 30.8 Å². The lowest BCUT2D eigenvalue weighted by molar-refractivity contribution is 0.475. The fourth-order valence-corrected chi connectivity index (χ4v) is 1.67. The molecule has 0 aliphatic carbocycles. The Bertz CT molecular complexity index is 514. The van der Waals surface area contributed by atoms with Crippen molar-refractivity contribution in [3.8, 4) is 17.1 Å². The number of aromatic nitrogens is 2. The Morgan fingerprint density at radius 2 is 2.17 bits per heavy atom. The highest BCUT2D eigenvalue weighted by atomic mass is 16.3. The average molecular weight is 243 g/mol. The Labute approximate surface area is 107 Å². The van der Waals surface area contributed by atoms with Gasteiger partial charge < -0.3 is 10.4 Å². The van der Waals surface area contributed by atoms with Crippen LogP contribution in [0.25, 0.3) is 11.4 Å². The highest BCUT2D eigenvalue weighted by Crippen LogP contribution is 2.19. The van der Waals surface area contributed by atoms with Gasteiger partial charge >= 0.3 is 0 Å². The smallest absolute Gasteiger partial charge is 0.159 e.